The number of carbonyl (C=O) groups is 2. The molecule has 1 aromatic heterocycles. The first-order valence-electron chi connectivity index (χ1n) is 9.58. The van der Waals surface area contributed by atoms with E-state index in [1.165, 1.54) is 0 Å². The molecule has 0 saturated carbocycles. The van der Waals surface area contributed by atoms with Crippen molar-refractivity contribution in [2.75, 3.05) is 39.9 Å². The van der Waals surface area contributed by atoms with Crippen molar-refractivity contribution in [2.45, 2.75) is 46.1 Å². The lowest BCUT2D eigenvalue weighted by Gasteiger charge is -2.47. The summed E-state index contributed by atoms with van der Waals surface area (Å²) in [6, 6.07) is 0. The van der Waals surface area contributed by atoms with E-state index in [4.69, 9.17) is 4.74 Å². The maximum Gasteiger partial charge on any atom is 0.257 e. The van der Waals surface area contributed by atoms with E-state index in [1.807, 2.05) is 28.3 Å². The second-order valence-electron chi connectivity index (χ2n) is 7.56. The average molecular weight is 362 g/mol. The summed E-state index contributed by atoms with van der Waals surface area (Å²) in [5.41, 5.74) is 1.80. The highest BCUT2D eigenvalue weighted by molar-refractivity contribution is 5.95. The molecule has 7 heteroatoms. The minimum atomic E-state index is 0.0835. The molecule has 2 aliphatic heterocycles. The molecule has 0 N–H and O–H groups in total. The fourth-order valence-electron chi connectivity index (χ4n) is 4.25. The first-order chi connectivity index (χ1) is 12.5. The van der Waals surface area contributed by atoms with Gasteiger partial charge in [0.1, 0.15) is 0 Å². The molecule has 0 aliphatic carbocycles. The largest absolute Gasteiger partial charge is 0.383 e. The highest BCUT2D eigenvalue weighted by Crippen LogP contribution is 2.40. The number of ether oxygens (including phenoxy) is 1. The Hall–Kier alpha value is -1.89. The van der Waals surface area contributed by atoms with Crippen molar-refractivity contribution in [1.29, 1.82) is 0 Å². The predicted octanol–water partition coefficient (Wildman–Crippen LogP) is 1.70. The smallest absolute Gasteiger partial charge is 0.257 e. The van der Waals surface area contributed by atoms with Crippen LogP contribution in [0, 0.1) is 12.3 Å². The molecule has 0 aromatic carbocycles. The van der Waals surface area contributed by atoms with Crippen molar-refractivity contribution in [3.05, 3.63) is 17.5 Å². The van der Waals surface area contributed by atoms with E-state index in [0.29, 0.717) is 25.1 Å². The summed E-state index contributed by atoms with van der Waals surface area (Å²) in [7, 11) is 1.66. The van der Waals surface area contributed by atoms with Gasteiger partial charge in [0.15, 0.2) is 0 Å². The lowest BCUT2D eigenvalue weighted by atomic mass is 9.72. The van der Waals surface area contributed by atoms with Gasteiger partial charge in [0.25, 0.3) is 5.91 Å². The van der Waals surface area contributed by atoms with Crippen LogP contribution in [0.1, 0.15) is 48.7 Å². The zero-order valence-corrected chi connectivity index (χ0v) is 16.2. The zero-order valence-electron chi connectivity index (χ0n) is 16.2. The van der Waals surface area contributed by atoms with E-state index in [-0.39, 0.29) is 17.2 Å². The van der Waals surface area contributed by atoms with E-state index in [2.05, 4.69) is 5.10 Å². The van der Waals surface area contributed by atoms with Crippen molar-refractivity contribution in [1.82, 2.24) is 19.6 Å². The number of aryl methyl sites for hydroxylation is 1. The summed E-state index contributed by atoms with van der Waals surface area (Å²) < 4.78 is 6.99. The number of likely N-dealkylation sites (tertiary alicyclic amines) is 2. The molecule has 144 valence electrons. The van der Waals surface area contributed by atoms with Crippen molar-refractivity contribution >= 4 is 11.8 Å². The molecule has 1 spiro atoms. The summed E-state index contributed by atoms with van der Waals surface area (Å²) in [6.45, 7) is 8.29. The highest BCUT2D eigenvalue weighted by atomic mass is 16.5. The zero-order chi connectivity index (χ0) is 18.7. The van der Waals surface area contributed by atoms with Crippen LogP contribution in [0.5, 0.6) is 0 Å². The maximum atomic E-state index is 12.9. The molecule has 0 unspecified atom stereocenters. The number of piperidine rings is 2. The number of rotatable bonds is 5. The number of amides is 2. The van der Waals surface area contributed by atoms with E-state index in [9.17, 15) is 9.59 Å². The Morgan fingerprint density at radius 3 is 2.65 bits per heavy atom. The number of nitrogens with zero attached hydrogens (tertiary/aromatic N) is 4. The molecule has 7 nitrogen and oxygen atoms in total. The van der Waals surface area contributed by atoms with Crippen molar-refractivity contribution in [3.63, 3.8) is 0 Å². The Kier molecular flexibility index (Phi) is 5.65. The summed E-state index contributed by atoms with van der Waals surface area (Å²) in [5, 5.41) is 4.29. The predicted molar refractivity (Wildman–Crippen MR) is 97.9 cm³/mol. The number of methoxy groups -OCH3 is 1. The third-order valence-electron chi connectivity index (χ3n) is 6.06. The summed E-state index contributed by atoms with van der Waals surface area (Å²) in [5.74, 6) is 0.314. The van der Waals surface area contributed by atoms with Crippen LogP contribution in [0.15, 0.2) is 6.20 Å². The minimum Gasteiger partial charge on any atom is -0.383 e. The molecule has 3 heterocycles. The molecule has 2 amide bonds. The highest BCUT2D eigenvalue weighted by Gasteiger charge is 2.41. The van der Waals surface area contributed by atoms with Crippen LogP contribution in [0.2, 0.25) is 0 Å². The Labute approximate surface area is 155 Å². The van der Waals surface area contributed by atoms with Gasteiger partial charge in [0.2, 0.25) is 5.91 Å². The Balaban J connectivity index is 1.62. The molecule has 2 saturated heterocycles. The lowest BCUT2D eigenvalue weighted by Crippen LogP contribution is -2.53. The fourth-order valence-corrected chi connectivity index (χ4v) is 4.25. The Morgan fingerprint density at radius 1 is 1.31 bits per heavy atom. The van der Waals surface area contributed by atoms with Gasteiger partial charge in [0.05, 0.1) is 18.4 Å². The van der Waals surface area contributed by atoms with Crippen LogP contribution < -0.4 is 0 Å². The molecule has 1 aromatic rings. The van der Waals surface area contributed by atoms with Gasteiger partial charge in [-0.05, 0) is 38.5 Å². The van der Waals surface area contributed by atoms with E-state index in [0.717, 1.165) is 51.1 Å². The lowest BCUT2D eigenvalue weighted by molar-refractivity contribution is -0.139. The van der Waals surface area contributed by atoms with E-state index < -0.39 is 0 Å². The second kappa shape index (κ2) is 7.78. The molecule has 2 aliphatic rings. The van der Waals surface area contributed by atoms with Gasteiger partial charge in [-0.3, -0.25) is 14.3 Å². The number of carbonyl (C=O) groups excluding carboxylic acids is 2. The van der Waals surface area contributed by atoms with Gasteiger partial charge in [-0.15, -0.1) is 0 Å². The van der Waals surface area contributed by atoms with Crippen LogP contribution in [0.4, 0.5) is 0 Å². The molecule has 0 bridgehead atoms. The van der Waals surface area contributed by atoms with Gasteiger partial charge in [-0.25, -0.2) is 0 Å². The topological polar surface area (TPSA) is 67.7 Å². The first-order valence-corrected chi connectivity index (χ1v) is 9.58. The Morgan fingerprint density at radius 2 is 2.04 bits per heavy atom. The van der Waals surface area contributed by atoms with Crippen molar-refractivity contribution < 1.29 is 14.3 Å². The number of aromatic nitrogens is 2. The third kappa shape index (κ3) is 3.63. The van der Waals surface area contributed by atoms with Gasteiger partial charge < -0.3 is 14.5 Å². The fraction of sp³-hybridized carbons (Fsp3) is 0.737. The van der Waals surface area contributed by atoms with Crippen LogP contribution in [-0.4, -0.2) is 71.3 Å². The third-order valence-corrected chi connectivity index (χ3v) is 6.06. The monoisotopic (exact) mass is 362 g/mol. The molecule has 0 atom stereocenters. The SMILES string of the molecule is CCn1ncc(C(=O)N2CCC3(CCC(=O)N(CCOC)C3)CC2)c1C. The van der Waals surface area contributed by atoms with Crippen LogP contribution >= 0.6 is 0 Å². The number of hydrogen-bond acceptors (Lipinski definition) is 4. The summed E-state index contributed by atoms with van der Waals surface area (Å²) in [6.07, 6.45) is 5.15. The molecule has 0 radical (unpaired) electrons. The molecule has 3 rings (SSSR count). The molecule has 26 heavy (non-hydrogen) atoms. The average Bonchev–Trinajstić information content (AvgIpc) is 3.03. The van der Waals surface area contributed by atoms with Gasteiger partial charge in [-0.1, -0.05) is 0 Å². The standard InChI is InChI=1S/C19H30N4O3/c1-4-23-15(2)16(13-20-23)18(25)21-9-7-19(8-10-21)6-5-17(24)22(14-19)11-12-26-3/h13H,4-12,14H2,1-3H3. The van der Waals surface area contributed by atoms with Gasteiger partial charge in [-0.2, -0.15) is 5.10 Å². The molecular weight excluding hydrogens is 332 g/mol. The summed E-state index contributed by atoms with van der Waals surface area (Å²) in [4.78, 5) is 28.9. The van der Waals surface area contributed by atoms with Crippen molar-refractivity contribution in [3.8, 4) is 0 Å². The maximum absolute atomic E-state index is 12.9. The molecule has 2 fully saturated rings. The van der Waals surface area contributed by atoms with E-state index in [1.54, 1.807) is 13.3 Å². The Bertz CT molecular complexity index is 662. The van der Waals surface area contributed by atoms with Gasteiger partial charge >= 0.3 is 0 Å². The second-order valence-corrected chi connectivity index (χ2v) is 7.56. The van der Waals surface area contributed by atoms with Crippen molar-refractivity contribution in [2.24, 2.45) is 5.41 Å². The summed E-state index contributed by atoms with van der Waals surface area (Å²) >= 11 is 0. The quantitative estimate of drug-likeness (QED) is 0.800. The first kappa shape index (κ1) is 18.9. The van der Waals surface area contributed by atoms with Crippen LogP contribution in [0.25, 0.3) is 0 Å². The molecular formula is C19H30N4O3. The van der Waals surface area contributed by atoms with Gasteiger partial charge in [0, 0.05) is 51.9 Å². The van der Waals surface area contributed by atoms with E-state index >= 15 is 0 Å². The van der Waals surface area contributed by atoms with Crippen LogP contribution in [0.3, 0.4) is 0 Å². The normalized spacial score (nSPS) is 20.0. The number of hydrogen-bond donors (Lipinski definition) is 0. The van der Waals surface area contributed by atoms with Crippen LogP contribution in [-0.2, 0) is 16.1 Å². The minimum absolute atomic E-state index is 0.0835.